The molecule has 1 aromatic rings. The molecule has 0 spiro atoms. The van der Waals surface area contributed by atoms with Crippen LogP contribution in [-0.4, -0.2) is 20.9 Å². The highest BCUT2D eigenvalue weighted by Gasteiger charge is 2.33. The van der Waals surface area contributed by atoms with Crippen molar-refractivity contribution in [2.75, 3.05) is 10.8 Å². The van der Waals surface area contributed by atoms with Gasteiger partial charge in [0.15, 0.2) is 0 Å². The van der Waals surface area contributed by atoms with Crippen LogP contribution < -0.4 is 14.8 Å². The van der Waals surface area contributed by atoms with Crippen LogP contribution in [0.4, 0.5) is 5.69 Å². The van der Waals surface area contributed by atoms with Crippen LogP contribution in [-0.2, 0) is 21.5 Å². The smallest absolute Gasteiger partial charge is 0.326 e. The van der Waals surface area contributed by atoms with Crippen LogP contribution in [0, 0.1) is 0 Å². The molecule has 7 heteroatoms. The largest absolute Gasteiger partial charge is 0.326 e. The van der Waals surface area contributed by atoms with E-state index < -0.39 is 16.1 Å². The van der Waals surface area contributed by atoms with Crippen molar-refractivity contribution in [2.24, 2.45) is 5.73 Å². The molecule has 1 saturated heterocycles. The number of nitrogens with two attached hydrogens (primary N) is 1. The zero-order valence-electron chi connectivity index (χ0n) is 8.38. The van der Waals surface area contributed by atoms with Crippen LogP contribution in [0.25, 0.3) is 0 Å². The molecule has 2 rings (SSSR count). The van der Waals surface area contributed by atoms with Crippen molar-refractivity contribution in [2.45, 2.75) is 6.54 Å². The van der Waals surface area contributed by atoms with Crippen molar-refractivity contribution in [1.82, 2.24) is 4.72 Å². The molecule has 16 heavy (non-hydrogen) atoms. The van der Waals surface area contributed by atoms with Gasteiger partial charge in [-0.15, -0.1) is 0 Å². The van der Waals surface area contributed by atoms with Gasteiger partial charge < -0.3 is 5.73 Å². The van der Waals surface area contributed by atoms with E-state index in [-0.39, 0.29) is 6.54 Å². The molecule has 1 amide bonds. The molecule has 3 N–H and O–H groups in total. The third kappa shape index (κ3) is 1.86. The fourth-order valence-corrected chi connectivity index (χ4v) is 2.62. The van der Waals surface area contributed by atoms with Crippen LogP contribution in [0.15, 0.2) is 24.3 Å². The topological polar surface area (TPSA) is 92.5 Å². The minimum absolute atomic E-state index is 0.176. The lowest BCUT2D eigenvalue weighted by Gasteiger charge is -2.14. The van der Waals surface area contributed by atoms with Crippen LogP contribution in [0.2, 0.25) is 0 Å². The van der Waals surface area contributed by atoms with E-state index >= 15 is 0 Å². The number of rotatable bonds is 2. The molecule has 1 aliphatic rings. The van der Waals surface area contributed by atoms with Crippen LogP contribution >= 0.6 is 0 Å². The Hall–Kier alpha value is -1.60. The lowest BCUT2D eigenvalue weighted by Crippen LogP contribution is -2.29. The van der Waals surface area contributed by atoms with Crippen molar-refractivity contribution in [3.05, 3.63) is 29.8 Å². The Balaban J connectivity index is 2.34. The molecule has 0 aromatic heterocycles. The Kier molecular flexibility index (Phi) is 2.56. The zero-order chi connectivity index (χ0) is 11.8. The maximum Gasteiger partial charge on any atom is 0.326 e. The predicted molar refractivity (Wildman–Crippen MR) is 58.7 cm³/mol. The summed E-state index contributed by atoms with van der Waals surface area (Å²) in [6.45, 7) is 0.217. The summed E-state index contributed by atoms with van der Waals surface area (Å²) >= 11 is 0. The second-order valence-electron chi connectivity index (χ2n) is 3.41. The van der Waals surface area contributed by atoms with Gasteiger partial charge in [-0.1, -0.05) is 12.1 Å². The van der Waals surface area contributed by atoms with Crippen LogP contribution in [0.3, 0.4) is 0 Å². The first-order chi connectivity index (χ1) is 7.53. The molecule has 1 aliphatic heterocycles. The molecular weight excluding hydrogens is 230 g/mol. The standard InChI is InChI=1S/C9H11N3O3S/c10-5-7-1-3-8(4-2-7)12-6-9(13)11-16(12,14)15/h1-4H,5-6,10H2,(H,11,13). The van der Waals surface area contributed by atoms with Gasteiger partial charge in [0.1, 0.15) is 6.54 Å². The average Bonchev–Trinajstić information content (AvgIpc) is 2.52. The molecule has 1 fully saturated rings. The Labute approximate surface area is 93.2 Å². The van der Waals surface area contributed by atoms with E-state index in [2.05, 4.69) is 0 Å². The third-order valence-electron chi connectivity index (χ3n) is 2.28. The number of nitrogens with zero attached hydrogens (tertiary/aromatic N) is 1. The molecule has 1 heterocycles. The Morgan fingerprint density at radius 3 is 2.38 bits per heavy atom. The van der Waals surface area contributed by atoms with Crippen molar-refractivity contribution >= 4 is 21.8 Å². The average molecular weight is 241 g/mol. The summed E-state index contributed by atoms with van der Waals surface area (Å²) < 4.78 is 25.9. The van der Waals surface area contributed by atoms with E-state index in [1.165, 1.54) is 0 Å². The van der Waals surface area contributed by atoms with Crippen LogP contribution in [0.5, 0.6) is 0 Å². The first-order valence-corrected chi connectivity index (χ1v) is 6.09. The number of benzene rings is 1. The number of anilines is 1. The monoisotopic (exact) mass is 241 g/mol. The van der Waals surface area contributed by atoms with E-state index in [4.69, 9.17) is 5.73 Å². The number of carbonyl (C=O) groups excluding carboxylic acids is 1. The van der Waals surface area contributed by atoms with Gasteiger partial charge in [-0.2, -0.15) is 8.42 Å². The number of nitrogens with one attached hydrogen (secondary N) is 1. The Morgan fingerprint density at radius 1 is 1.31 bits per heavy atom. The van der Waals surface area contributed by atoms with Gasteiger partial charge in [0.05, 0.1) is 5.69 Å². The van der Waals surface area contributed by atoms with Crippen molar-refractivity contribution in [3.63, 3.8) is 0 Å². The molecule has 0 bridgehead atoms. The first kappa shape index (κ1) is 10.9. The normalized spacial score (nSPS) is 18.6. The Bertz CT molecular complexity index is 509. The van der Waals surface area contributed by atoms with Gasteiger partial charge in [-0.05, 0) is 17.7 Å². The second kappa shape index (κ2) is 3.76. The molecule has 0 aliphatic carbocycles. The minimum Gasteiger partial charge on any atom is -0.326 e. The first-order valence-electron chi connectivity index (χ1n) is 4.65. The second-order valence-corrected chi connectivity index (χ2v) is 5.00. The molecule has 1 aromatic carbocycles. The van der Waals surface area contributed by atoms with E-state index in [0.29, 0.717) is 12.2 Å². The molecular formula is C9H11N3O3S. The van der Waals surface area contributed by atoms with Crippen molar-refractivity contribution in [3.8, 4) is 0 Å². The van der Waals surface area contributed by atoms with E-state index in [1.54, 1.807) is 24.3 Å². The maximum atomic E-state index is 11.5. The summed E-state index contributed by atoms with van der Waals surface area (Å²) in [7, 11) is -3.71. The Morgan fingerprint density at radius 2 is 1.94 bits per heavy atom. The van der Waals surface area contributed by atoms with Gasteiger partial charge in [0.2, 0.25) is 0 Å². The van der Waals surface area contributed by atoms with E-state index in [1.807, 2.05) is 4.72 Å². The highest BCUT2D eigenvalue weighted by molar-refractivity contribution is 7.92. The lowest BCUT2D eigenvalue weighted by atomic mass is 10.2. The van der Waals surface area contributed by atoms with Gasteiger partial charge >= 0.3 is 10.2 Å². The van der Waals surface area contributed by atoms with Crippen LogP contribution in [0.1, 0.15) is 5.56 Å². The van der Waals surface area contributed by atoms with Crippen molar-refractivity contribution in [1.29, 1.82) is 0 Å². The van der Waals surface area contributed by atoms with Gasteiger partial charge in [0, 0.05) is 6.54 Å². The highest BCUT2D eigenvalue weighted by atomic mass is 32.2. The number of amides is 1. The van der Waals surface area contributed by atoms with E-state index in [0.717, 1.165) is 9.87 Å². The van der Waals surface area contributed by atoms with E-state index in [9.17, 15) is 13.2 Å². The molecule has 0 radical (unpaired) electrons. The molecule has 86 valence electrons. The summed E-state index contributed by atoms with van der Waals surface area (Å²) in [4.78, 5) is 11.0. The SMILES string of the molecule is NCc1ccc(N2CC(=O)NS2(=O)=O)cc1. The number of hydrogen-bond acceptors (Lipinski definition) is 4. The zero-order valence-corrected chi connectivity index (χ0v) is 9.20. The summed E-state index contributed by atoms with van der Waals surface area (Å²) in [6, 6.07) is 6.71. The summed E-state index contributed by atoms with van der Waals surface area (Å²) in [5.41, 5.74) is 6.79. The molecule has 0 unspecified atom stereocenters. The van der Waals surface area contributed by atoms with Gasteiger partial charge in [-0.25, -0.2) is 9.03 Å². The minimum atomic E-state index is -3.71. The molecule has 0 atom stereocenters. The van der Waals surface area contributed by atoms with Gasteiger partial charge in [0.25, 0.3) is 5.91 Å². The molecule has 6 nitrogen and oxygen atoms in total. The summed E-state index contributed by atoms with van der Waals surface area (Å²) in [5, 5.41) is 0. The lowest BCUT2D eigenvalue weighted by molar-refractivity contribution is -0.117. The third-order valence-corrected chi connectivity index (χ3v) is 3.69. The van der Waals surface area contributed by atoms with Gasteiger partial charge in [-0.3, -0.25) is 4.79 Å². The predicted octanol–water partition coefficient (Wildman–Crippen LogP) is -0.674. The summed E-state index contributed by atoms with van der Waals surface area (Å²) in [6.07, 6.45) is 0. The summed E-state index contributed by atoms with van der Waals surface area (Å²) in [5.74, 6) is -0.525. The molecule has 0 saturated carbocycles. The fourth-order valence-electron chi connectivity index (χ4n) is 1.47. The number of carbonyl (C=O) groups is 1. The maximum absolute atomic E-state index is 11.5. The number of hydrogen-bond donors (Lipinski definition) is 2. The highest BCUT2D eigenvalue weighted by Crippen LogP contribution is 2.20. The quantitative estimate of drug-likeness (QED) is 0.718. The fraction of sp³-hybridized carbons (Fsp3) is 0.222. The van der Waals surface area contributed by atoms with Crippen molar-refractivity contribution < 1.29 is 13.2 Å².